The zero-order valence-electron chi connectivity index (χ0n) is 10.6. The fourth-order valence-corrected chi connectivity index (χ4v) is 3.35. The Kier molecular flexibility index (Phi) is 4.71. The van der Waals surface area contributed by atoms with E-state index in [0.717, 1.165) is 5.56 Å². The minimum absolute atomic E-state index is 0.0639. The monoisotopic (exact) mass is 256 g/mol. The van der Waals surface area contributed by atoms with Gasteiger partial charge >= 0.3 is 0 Å². The Balaban J connectivity index is 3.02. The second-order valence-corrected chi connectivity index (χ2v) is 6.76. The summed E-state index contributed by atoms with van der Waals surface area (Å²) >= 11 is 0. The molecule has 0 unspecified atom stereocenters. The number of aliphatic hydroxyl groups excluding tert-OH is 1. The van der Waals surface area contributed by atoms with Crippen molar-refractivity contribution in [2.75, 3.05) is 5.75 Å². The summed E-state index contributed by atoms with van der Waals surface area (Å²) in [4.78, 5) is 0. The molecule has 2 atom stereocenters. The largest absolute Gasteiger partial charge is 0.387 e. The topological polar surface area (TPSA) is 54.4 Å². The van der Waals surface area contributed by atoms with Gasteiger partial charge in [0.2, 0.25) is 0 Å². The molecule has 0 heterocycles. The molecule has 0 amide bonds. The maximum atomic E-state index is 11.9. The molecule has 0 aliphatic carbocycles. The predicted octanol–water partition coefficient (Wildman–Crippen LogP) is 2.24. The Morgan fingerprint density at radius 1 is 1.18 bits per heavy atom. The van der Waals surface area contributed by atoms with E-state index in [2.05, 4.69) is 0 Å². The highest BCUT2D eigenvalue weighted by molar-refractivity contribution is 7.92. The van der Waals surface area contributed by atoms with Crippen LogP contribution in [0.5, 0.6) is 0 Å². The minimum atomic E-state index is -3.22. The molecule has 1 aromatic carbocycles. The van der Waals surface area contributed by atoms with Crippen molar-refractivity contribution < 1.29 is 13.5 Å². The summed E-state index contributed by atoms with van der Waals surface area (Å²) in [5.41, 5.74) is 1.76. The first-order valence-corrected chi connectivity index (χ1v) is 7.60. The van der Waals surface area contributed by atoms with Gasteiger partial charge in [-0.25, -0.2) is 8.42 Å². The molecule has 0 saturated heterocycles. The Hall–Kier alpha value is -0.870. The third kappa shape index (κ3) is 3.30. The van der Waals surface area contributed by atoms with Crippen molar-refractivity contribution in [1.82, 2.24) is 0 Å². The fraction of sp³-hybridized carbons (Fsp3) is 0.538. The Labute approximate surface area is 103 Å². The summed E-state index contributed by atoms with van der Waals surface area (Å²) < 4.78 is 23.7. The van der Waals surface area contributed by atoms with E-state index in [0.29, 0.717) is 12.0 Å². The van der Waals surface area contributed by atoms with Gasteiger partial charge in [0.05, 0.1) is 11.4 Å². The van der Waals surface area contributed by atoms with E-state index in [1.54, 1.807) is 26.0 Å². The lowest BCUT2D eigenvalue weighted by Crippen LogP contribution is -2.29. The molecule has 0 bridgehead atoms. The molecule has 0 radical (unpaired) electrons. The zero-order chi connectivity index (χ0) is 13.1. The van der Waals surface area contributed by atoms with Gasteiger partial charge in [-0.15, -0.1) is 0 Å². The summed E-state index contributed by atoms with van der Waals surface area (Å²) in [6.45, 7) is 5.35. The van der Waals surface area contributed by atoms with Crippen LogP contribution in [0.1, 0.15) is 37.5 Å². The molecule has 0 spiro atoms. The van der Waals surface area contributed by atoms with Crippen molar-refractivity contribution in [2.45, 2.75) is 38.5 Å². The summed E-state index contributed by atoms with van der Waals surface area (Å²) in [5, 5.41) is 9.45. The molecule has 1 N–H and O–H groups in total. The average molecular weight is 256 g/mol. The van der Waals surface area contributed by atoms with Crippen molar-refractivity contribution in [3.8, 4) is 0 Å². The van der Waals surface area contributed by atoms with E-state index in [4.69, 9.17) is 0 Å². The van der Waals surface area contributed by atoms with Gasteiger partial charge in [-0.1, -0.05) is 43.7 Å². The molecule has 1 aromatic rings. The highest BCUT2D eigenvalue weighted by Gasteiger charge is 2.30. The average Bonchev–Trinajstić information content (AvgIpc) is 2.30. The van der Waals surface area contributed by atoms with Gasteiger partial charge in [0.15, 0.2) is 9.84 Å². The molecular weight excluding hydrogens is 236 g/mol. The van der Waals surface area contributed by atoms with E-state index in [9.17, 15) is 13.5 Å². The van der Waals surface area contributed by atoms with Gasteiger partial charge in [-0.2, -0.15) is 0 Å². The molecule has 0 aliphatic heterocycles. The van der Waals surface area contributed by atoms with E-state index < -0.39 is 21.2 Å². The van der Waals surface area contributed by atoms with Gasteiger partial charge in [0.1, 0.15) is 0 Å². The molecule has 0 aliphatic rings. The SMILES string of the molecule is CC[C@H]([C@@H](O)c1ccc(C)cc1)S(=O)(=O)CC. The number of benzene rings is 1. The number of rotatable bonds is 5. The summed E-state index contributed by atoms with van der Waals surface area (Å²) in [6.07, 6.45) is -0.517. The second kappa shape index (κ2) is 5.65. The number of aliphatic hydroxyl groups is 1. The van der Waals surface area contributed by atoms with Gasteiger partial charge in [-0.05, 0) is 18.9 Å². The zero-order valence-corrected chi connectivity index (χ0v) is 11.4. The van der Waals surface area contributed by atoms with Crippen molar-refractivity contribution in [2.24, 2.45) is 0 Å². The van der Waals surface area contributed by atoms with E-state index in [1.807, 2.05) is 19.1 Å². The molecular formula is C13H20O3S. The standard InChI is InChI=1S/C13H20O3S/c1-4-12(17(15,16)5-2)13(14)11-8-6-10(3)7-9-11/h6-9,12-14H,4-5H2,1-3H3/t12-,13+/m1/s1. The van der Waals surface area contributed by atoms with Gasteiger partial charge < -0.3 is 5.11 Å². The fourth-order valence-electron chi connectivity index (χ4n) is 1.87. The van der Waals surface area contributed by atoms with Gasteiger partial charge in [0.25, 0.3) is 0 Å². The molecule has 3 nitrogen and oxygen atoms in total. The Morgan fingerprint density at radius 3 is 2.12 bits per heavy atom. The second-order valence-electron chi connectivity index (χ2n) is 4.25. The van der Waals surface area contributed by atoms with Crippen LogP contribution in [0.4, 0.5) is 0 Å². The molecule has 4 heteroatoms. The Morgan fingerprint density at radius 2 is 1.71 bits per heavy atom. The summed E-state index contributed by atoms with van der Waals surface area (Å²) in [7, 11) is -3.22. The van der Waals surface area contributed by atoms with Crippen molar-refractivity contribution in [3.05, 3.63) is 35.4 Å². The first-order valence-electron chi connectivity index (χ1n) is 5.88. The third-order valence-electron chi connectivity index (χ3n) is 3.04. The van der Waals surface area contributed by atoms with Crippen LogP contribution in [0.2, 0.25) is 0 Å². The highest BCUT2D eigenvalue weighted by Crippen LogP contribution is 2.25. The molecule has 0 saturated carbocycles. The number of aryl methyl sites for hydroxylation is 1. The molecule has 17 heavy (non-hydrogen) atoms. The van der Waals surface area contributed by atoms with Crippen molar-refractivity contribution in [3.63, 3.8) is 0 Å². The molecule has 96 valence electrons. The number of hydrogen-bond donors (Lipinski definition) is 1. The number of hydrogen-bond acceptors (Lipinski definition) is 3. The van der Waals surface area contributed by atoms with Crippen molar-refractivity contribution >= 4 is 9.84 Å². The lowest BCUT2D eigenvalue weighted by atomic mass is 10.0. The van der Waals surface area contributed by atoms with E-state index in [1.165, 1.54) is 0 Å². The predicted molar refractivity (Wildman–Crippen MR) is 69.7 cm³/mol. The van der Waals surface area contributed by atoms with Crippen LogP contribution in [-0.4, -0.2) is 24.5 Å². The van der Waals surface area contributed by atoms with E-state index >= 15 is 0 Å². The molecule has 0 fully saturated rings. The molecule has 1 rings (SSSR count). The Bertz CT molecular complexity index is 448. The molecule has 0 aromatic heterocycles. The first-order chi connectivity index (χ1) is 7.92. The van der Waals surface area contributed by atoms with Crippen LogP contribution in [0.25, 0.3) is 0 Å². The number of sulfone groups is 1. The van der Waals surface area contributed by atoms with Crippen LogP contribution in [-0.2, 0) is 9.84 Å². The summed E-state index contributed by atoms with van der Waals surface area (Å²) in [6, 6.07) is 7.33. The third-order valence-corrected chi connectivity index (χ3v) is 5.36. The van der Waals surface area contributed by atoms with E-state index in [-0.39, 0.29) is 5.75 Å². The van der Waals surface area contributed by atoms with Crippen LogP contribution < -0.4 is 0 Å². The maximum Gasteiger partial charge on any atom is 0.155 e. The summed E-state index contributed by atoms with van der Waals surface area (Å²) in [5.74, 6) is 0.0639. The lowest BCUT2D eigenvalue weighted by Gasteiger charge is -2.21. The smallest absolute Gasteiger partial charge is 0.155 e. The van der Waals surface area contributed by atoms with Gasteiger partial charge in [-0.3, -0.25) is 0 Å². The normalized spacial score (nSPS) is 15.5. The van der Waals surface area contributed by atoms with Crippen LogP contribution in [0.3, 0.4) is 0 Å². The van der Waals surface area contributed by atoms with Gasteiger partial charge in [0, 0.05) is 5.75 Å². The maximum absolute atomic E-state index is 11.9. The van der Waals surface area contributed by atoms with Crippen LogP contribution >= 0.6 is 0 Å². The quantitative estimate of drug-likeness (QED) is 0.879. The van der Waals surface area contributed by atoms with Crippen LogP contribution in [0, 0.1) is 6.92 Å². The highest BCUT2D eigenvalue weighted by atomic mass is 32.2. The minimum Gasteiger partial charge on any atom is -0.387 e. The first kappa shape index (κ1) is 14.2. The lowest BCUT2D eigenvalue weighted by molar-refractivity contribution is 0.169. The van der Waals surface area contributed by atoms with Crippen LogP contribution in [0.15, 0.2) is 24.3 Å². The van der Waals surface area contributed by atoms with Crippen molar-refractivity contribution in [1.29, 1.82) is 0 Å².